The number of hydrogen-bond acceptors (Lipinski definition) is 7. The van der Waals surface area contributed by atoms with E-state index >= 15 is 0 Å². The van der Waals surface area contributed by atoms with Crippen molar-refractivity contribution in [3.8, 4) is 22.0 Å². The minimum Gasteiger partial charge on any atom is -0.339 e. The van der Waals surface area contributed by atoms with E-state index in [1.807, 2.05) is 45.3 Å². The number of aromatic amines is 1. The zero-order valence-corrected chi connectivity index (χ0v) is 17.2. The van der Waals surface area contributed by atoms with Crippen molar-refractivity contribution in [2.45, 2.75) is 19.3 Å². The zero-order valence-electron chi connectivity index (χ0n) is 15.6. The van der Waals surface area contributed by atoms with Crippen LogP contribution in [-0.2, 0) is 6.42 Å². The number of piperidine rings is 1. The molecule has 4 aromatic rings. The topological polar surface area (TPSA) is 87.9 Å². The number of nitrogens with zero attached hydrogens (tertiary/aromatic N) is 4. The highest BCUT2D eigenvalue weighted by Crippen LogP contribution is 2.26. The summed E-state index contributed by atoms with van der Waals surface area (Å²) in [6.07, 6.45) is 2.69. The fourth-order valence-corrected chi connectivity index (χ4v) is 4.99. The monoisotopic (exact) mass is 425 g/mol. The minimum atomic E-state index is -0.0294. The Balaban J connectivity index is 1.24. The summed E-state index contributed by atoms with van der Waals surface area (Å²) in [6.45, 7) is 1.43. The number of rotatable bonds is 5. The Morgan fingerprint density at radius 2 is 2.31 bits per heavy atom. The summed E-state index contributed by atoms with van der Waals surface area (Å²) in [4.78, 5) is 20.4. The highest BCUT2D eigenvalue weighted by atomic mass is 32.1. The lowest BCUT2D eigenvalue weighted by Gasteiger charge is -2.31. The molecule has 0 aliphatic carbocycles. The van der Waals surface area contributed by atoms with Gasteiger partial charge in [0.2, 0.25) is 11.7 Å². The van der Waals surface area contributed by atoms with Crippen LogP contribution in [0, 0.1) is 5.92 Å². The third kappa shape index (κ3) is 3.88. The van der Waals surface area contributed by atoms with Gasteiger partial charge in [0.1, 0.15) is 0 Å². The Bertz CT molecular complexity index is 1080. The summed E-state index contributed by atoms with van der Waals surface area (Å²) in [6, 6.07) is 7.81. The van der Waals surface area contributed by atoms with Gasteiger partial charge in [-0.25, -0.2) is 0 Å². The smallest absolute Gasteiger partial charge is 0.274 e. The predicted octanol–water partition coefficient (Wildman–Crippen LogP) is 4.34. The number of likely N-dealkylation sites (tertiary alicyclic amines) is 1. The molecular formula is C20H19N5O2S2. The van der Waals surface area contributed by atoms with Gasteiger partial charge in [0, 0.05) is 30.5 Å². The van der Waals surface area contributed by atoms with Crippen LogP contribution < -0.4 is 0 Å². The quantitative estimate of drug-likeness (QED) is 0.514. The van der Waals surface area contributed by atoms with Gasteiger partial charge < -0.3 is 9.42 Å². The van der Waals surface area contributed by atoms with Crippen molar-refractivity contribution in [1.82, 2.24) is 25.2 Å². The van der Waals surface area contributed by atoms with Gasteiger partial charge in [-0.15, -0.1) is 11.3 Å². The number of amides is 1. The van der Waals surface area contributed by atoms with Crippen LogP contribution in [0.25, 0.3) is 22.0 Å². The first-order valence-corrected chi connectivity index (χ1v) is 11.3. The number of carbonyl (C=O) groups is 1. The first-order chi connectivity index (χ1) is 14.3. The molecule has 1 aliphatic heterocycles. The molecule has 5 heterocycles. The largest absolute Gasteiger partial charge is 0.339 e. The summed E-state index contributed by atoms with van der Waals surface area (Å²) >= 11 is 3.23. The van der Waals surface area contributed by atoms with Crippen molar-refractivity contribution < 1.29 is 9.32 Å². The first kappa shape index (κ1) is 18.3. The van der Waals surface area contributed by atoms with E-state index in [2.05, 4.69) is 20.3 Å². The number of thiophene rings is 2. The van der Waals surface area contributed by atoms with Gasteiger partial charge in [0.05, 0.1) is 10.6 Å². The van der Waals surface area contributed by atoms with Gasteiger partial charge in [-0.3, -0.25) is 9.89 Å². The van der Waals surface area contributed by atoms with Crippen molar-refractivity contribution in [1.29, 1.82) is 0 Å². The molecule has 0 spiro atoms. The first-order valence-electron chi connectivity index (χ1n) is 9.50. The van der Waals surface area contributed by atoms with E-state index in [4.69, 9.17) is 4.52 Å². The van der Waals surface area contributed by atoms with E-state index in [0.717, 1.165) is 35.5 Å². The van der Waals surface area contributed by atoms with E-state index in [0.29, 0.717) is 36.3 Å². The van der Waals surface area contributed by atoms with Crippen molar-refractivity contribution in [2.24, 2.45) is 5.92 Å². The second-order valence-corrected chi connectivity index (χ2v) is 8.86. The van der Waals surface area contributed by atoms with Crippen LogP contribution in [0.4, 0.5) is 0 Å². The van der Waals surface area contributed by atoms with Crippen LogP contribution in [-0.4, -0.2) is 44.2 Å². The fraction of sp³-hybridized carbons (Fsp3) is 0.300. The van der Waals surface area contributed by atoms with E-state index in [-0.39, 0.29) is 5.91 Å². The molecule has 4 aromatic heterocycles. The molecule has 1 aliphatic rings. The minimum absolute atomic E-state index is 0.0294. The van der Waals surface area contributed by atoms with Crippen molar-refractivity contribution in [3.05, 3.63) is 52.0 Å². The second kappa shape index (κ2) is 7.92. The SMILES string of the molecule is O=C(c1cc(-c2cccs2)[nH]n1)N1CCC[C@H](Cc2nc(-c3ccsc3)no2)C1. The number of nitrogens with one attached hydrogen (secondary N) is 1. The maximum absolute atomic E-state index is 12.9. The molecule has 0 bridgehead atoms. The molecule has 0 saturated carbocycles. The summed E-state index contributed by atoms with van der Waals surface area (Å²) < 4.78 is 5.44. The summed E-state index contributed by atoms with van der Waals surface area (Å²) in [7, 11) is 0. The Hall–Kier alpha value is -2.78. The van der Waals surface area contributed by atoms with E-state index in [1.54, 1.807) is 22.7 Å². The maximum Gasteiger partial charge on any atom is 0.274 e. The Morgan fingerprint density at radius 3 is 3.14 bits per heavy atom. The van der Waals surface area contributed by atoms with Crippen LogP contribution in [0.15, 0.2) is 44.9 Å². The van der Waals surface area contributed by atoms with Gasteiger partial charge in [0.15, 0.2) is 5.69 Å². The van der Waals surface area contributed by atoms with Gasteiger partial charge in [-0.1, -0.05) is 11.2 Å². The molecule has 9 heteroatoms. The Morgan fingerprint density at radius 1 is 1.34 bits per heavy atom. The lowest BCUT2D eigenvalue weighted by atomic mass is 9.94. The molecule has 1 atom stereocenters. The normalized spacial score (nSPS) is 17.0. The van der Waals surface area contributed by atoms with Crippen LogP contribution >= 0.6 is 22.7 Å². The third-order valence-corrected chi connectivity index (χ3v) is 6.69. The summed E-state index contributed by atoms with van der Waals surface area (Å²) in [5.41, 5.74) is 2.32. The molecule has 29 heavy (non-hydrogen) atoms. The molecule has 1 N–H and O–H groups in total. The summed E-state index contributed by atoms with van der Waals surface area (Å²) in [5, 5.41) is 17.3. The molecule has 0 unspecified atom stereocenters. The predicted molar refractivity (Wildman–Crippen MR) is 112 cm³/mol. The lowest BCUT2D eigenvalue weighted by Crippen LogP contribution is -2.40. The van der Waals surface area contributed by atoms with Crippen molar-refractivity contribution in [3.63, 3.8) is 0 Å². The van der Waals surface area contributed by atoms with E-state index < -0.39 is 0 Å². The zero-order chi connectivity index (χ0) is 19.6. The molecular weight excluding hydrogens is 406 g/mol. The number of hydrogen-bond donors (Lipinski definition) is 1. The molecule has 1 fully saturated rings. The molecule has 7 nitrogen and oxygen atoms in total. The van der Waals surface area contributed by atoms with Crippen LogP contribution in [0.3, 0.4) is 0 Å². The highest BCUT2D eigenvalue weighted by Gasteiger charge is 2.27. The van der Waals surface area contributed by atoms with Crippen LogP contribution in [0.2, 0.25) is 0 Å². The van der Waals surface area contributed by atoms with Crippen molar-refractivity contribution in [2.75, 3.05) is 13.1 Å². The standard InChI is InChI=1S/C20H19N5O2S2/c26-20(16-10-15(22-23-16)17-4-2-7-29-17)25-6-1-3-13(11-25)9-18-21-19(24-27-18)14-5-8-28-12-14/h2,4-5,7-8,10,12-13H,1,3,6,9,11H2,(H,22,23)/t13-/m1/s1. The molecule has 1 amide bonds. The Kier molecular flexibility index (Phi) is 4.99. The lowest BCUT2D eigenvalue weighted by molar-refractivity contribution is 0.0662. The van der Waals surface area contributed by atoms with E-state index in [9.17, 15) is 4.79 Å². The van der Waals surface area contributed by atoms with E-state index in [1.165, 1.54) is 0 Å². The average Bonchev–Trinajstić information content (AvgIpc) is 3.54. The van der Waals surface area contributed by atoms with Crippen LogP contribution in [0.1, 0.15) is 29.2 Å². The number of carbonyl (C=O) groups excluding carboxylic acids is 1. The highest BCUT2D eigenvalue weighted by molar-refractivity contribution is 7.13. The fourth-order valence-electron chi connectivity index (χ4n) is 3.66. The van der Waals surface area contributed by atoms with Crippen molar-refractivity contribution >= 4 is 28.6 Å². The number of aromatic nitrogens is 4. The van der Waals surface area contributed by atoms with Gasteiger partial charge >= 0.3 is 0 Å². The molecule has 1 saturated heterocycles. The molecule has 5 rings (SSSR count). The average molecular weight is 426 g/mol. The van der Waals surface area contributed by atoms with Gasteiger partial charge in [-0.2, -0.15) is 21.4 Å². The van der Waals surface area contributed by atoms with Gasteiger partial charge in [0.25, 0.3) is 5.91 Å². The molecule has 0 radical (unpaired) electrons. The number of H-pyrrole nitrogens is 1. The second-order valence-electron chi connectivity index (χ2n) is 7.13. The van der Waals surface area contributed by atoms with Gasteiger partial charge in [-0.05, 0) is 47.7 Å². The molecule has 0 aromatic carbocycles. The Labute approximate surface area is 175 Å². The third-order valence-electron chi connectivity index (χ3n) is 5.10. The molecule has 148 valence electrons. The van der Waals surface area contributed by atoms with Crippen LogP contribution in [0.5, 0.6) is 0 Å². The maximum atomic E-state index is 12.9. The summed E-state index contributed by atoms with van der Waals surface area (Å²) in [5.74, 6) is 1.53.